The average Bonchev–Trinajstić information content (AvgIpc) is 3.09. The lowest BCUT2D eigenvalue weighted by molar-refractivity contribution is -0.0565. The minimum Gasteiger partial charge on any atom is -0.393 e. The van der Waals surface area contributed by atoms with Crippen molar-refractivity contribution >= 4 is 0 Å². The Morgan fingerprint density at radius 1 is 1.06 bits per heavy atom. The highest BCUT2D eigenvalue weighted by Crippen LogP contribution is 2.67. The number of hydrogen-bond donors (Lipinski definition) is 1. The third-order valence-electron chi connectivity index (χ3n) is 11.4. The van der Waals surface area contributed by atoms with Crippen LogP contribution in [-0.4, -0.2) is 11.2 Å². The molecule has 3 unspecified atom stereocenters. The van der Waals surface area contributed by atoms with Gasteiger partial charge in [-0.2, -0.15) is 0 Å². The zero-order valence-electron chi connectivity index (χ0n) is 21.6. The molecular formula is C30H50O. The molecule has 9 atom stereocenters. The summed E-state index contributed by atoms with van der Waals surface area (Å²) >= 11 is 0. The lowest BCUT2D eigenvalue weighted by Gasteiger charge is -2.58. The van der Waals surface area contributed by atoms with Crippen LogP contribution in [0.3, 0.4) is 0 Å². The number of fused-ring (bicyclic) bond motifs is 5. The summed E-state index contributed by atoms with van der Waals surface area (Å²) in [5.74, 6) is 5.80. The SMILES string of the molecule is C/C(=C\C[C@@H](C)[C@H]1CC[C@H]2C3CC=C4C[C@@H](O)CC[C@]4(C)C3CC[C@]12C)C(C)C(C)C. The van der Waals surface area contributed by atoms with E-state index < -0.39 is 0 Å². The first-order valence-corrected chi connectivity index (χ1v) is 13.6. The maximum Gasteiger partial charge on any atom is 0.0577 e. The molecule has 0 amide bonds. The summed E-state index contributed by atoms with van der Waals surface area (Å²) in [6.45, 7) is 17.2. The van der Waals surface area contributed by atoms with Gasteiger partial charge in [-0.15, -0.1) is 0 Å². The van der Waals surface area contributed by atoms with E-state index in [9.17, 15) is 5.11 Å². The van der Waals surface area contributed by atoms with Crippen LogP contribution >= 0.6 is 0 Å². The maximum absolute atomic E-state index is 10.3. The van der Waals surface area contributed by atoms with Gasteiger partial charge in [0.15, 0.2) is 0 Å². The molecule has 0 aromatic rings. The van der Waals surface area contributed by atoms with E-state index in [0.29, 0.717) is 16.7 Å². The highest BCUT2D eigenvalue weighted by atomic mass is 16.3. The first kappa shape index (κ1) is 23.6. The van der Waals surface area contributed by atoms with Crippen LogP contribution in [0.25, 0.3) is 0 Å². The van der Waals surface area contributed by atoms with Gasteiger partial charge in [-0.3, -0.25) is 0 Å². The molecule has 0 saturated heterocycles. The maximum atomic E-state index is 10.3. The zero-order valence-corrected chi connectivity index (χ0v) is 21.6. The van der Waals surface area contributed by atoms with Crippen molar-refractivity contribution < 1.29 is 5.11 Å². The van der Waals surface area contributed by atoms with E-state index in [1.165, 1.54) is 44.9 Å². The molecule has 1 N–H and O–H groups in total. The molecule has 3 saturated carbocycles. The van der Waals surface area contributed by atoms with Crippen LogP contribution in [0.5, 0.6) is 0 Å². The third kappa shape index (κ3) is 4.00. The van der Waals surface area contributed by atoms with Crippen molar-refractivity contribution in [2.45, 2.75) is 112 Å². The van der Waals surface area contributed by atoms with Crippen LogP contribution in [0.4, 0.5) is 0 Å². The molecule has 31 heavy (non-hydrogen) atoms. The van der Waals surface area contributed by atoms with E-state index in [0.717, 1.165) is 48.3 Å². The molecule has 4 aliphatic rings. The van der Waals surface area contributed by atoms with Crippen LogP contribution in [0.15, 0.2) is 23.3 Å². The molecule has 4 rings (SSSR count). The van der Waals surface area contributed by atoms with Crippen molar-refractivity contribution in [2.24, 2.45) is 52.3 Å². The molecule has 0 spiro atoms. The summed E-state index contributed by atoms with van der Waals surface area (Å²) in [6, 6.07) is 0. The molecule has 4 aliphatic carbocycles. The number of aliphatic hydroxyl groups is 1. The Hall–Kier alpha value is -0.560. The van der Waals surface area contributed by atoms with Crippen LogP contribution in [0, 0.1) is 52.3 Å². The predicted octanol–water partition coefficient (Wildman–Crippen LogP) is 8.19. The van der Waals surface area contributed by atoms with Crippen molar-refractivity contribution in [1.82, 2.24) is 0 Å². The number of allylic oxidation sites excluding steroid dienone is 3. The van der Waals surface area contributed by atoms with Gasteiger partial charge in [0.05, 0.1) is 6.10 Å². The summed E-state index contributed by atoms with van der Waals surface area (Å²) in [7, 11) is 0. The average molecular weight is 427 g/mol. The van der Waals surface area contributed by atoms with Crippen molar-refractivity contribution in [1.29, 1.82) is 0 Å². The van der Waals surface area contributed by atoms with Crippen molar-refractivity contribution in [3.63, 3.8) is 0 Å². The predicted molar refractivity (Wildman–Crippen MR) is 133 cm³/mol. The quantitative estimate of drug-likeness (QED) is 0.439. The van der Waals surface area contributed by atoms with Gasteiger partial charge in [-0.05, 0) is 117 Å². The molecule has 0 aromatic heterocycles. The largest absolute Gasteiger partial charge is 0.393 e. The second-order valence-corrected chi connectivity index (χ2v) is 13.1. The molecule has 3 fully saturated rings. The molecule has 0 aliphatic heterocycles. The summed E-state index contributed by atoms with van der Waals surface area (Å²) < 4.78 is 0. The summed E-state index contributed by atoms with van der Waals surface area (Å²) in [5.41, 5.74) is 4.13. The number of hydrogen-bond acceptors (Lipinski definition) is 1. The van der Waals surface area contributed by atoms with Crippen LogP contribution in [0.2, 0.25) is 0 Å². The molecule has 0 heterocycles. The molecule has 1 heteroatoms. The van der Waals surface area contributed by atoms with Gasteiger partial charge < -0.3 is 5.11 Å². The van der Waals surface area contributed by atoms with Crippen molar-refractivity contribution in [3.8, 4) is 0 Å². The third-order valence-corrected chi connectivity index (χ3v) is 11.4. The normalized spacial score (nSPS) is 44.9. The minimum absolute atomic E-state index is 0.0867. The topological polar surface area (TPSA) is 20.2 Å². The lowest BCUT2D eigenvalue weighted by atomic mass is 9.47. The highest BCUT2D eigenvalue weighted by molar-refractivity contribution is 5.25. The van der Waals surface area contributed by atoms with E-state index in [1.54, 1.807) is 11.1 Å². The molecule has 1 nitrogen and oxygen atoms in total. The van der Waals surface area contributed by atoms with E-state index in [4.69, 9.17) is 0 Å². The number of rotatable bonds is 5. The van der Waals surface area contributed by atoms with Gasteiger partial charge in [-0.1, -0.05) is 64.8 Å². The Labute approximate surface area is 193 Å². The Morgan fingerprint density at radius 2 is 1.81 bits per heavy atom. The fraction of sp³-hybridized carbons (Fsp3) is 0.867. The van der Waals surface area contributed by atoms with Gasteiger partial charge in [-0.25, -0.2) is 0 Å². The zero-order chi connectivity index (χ0) is 22.6. The molecular weight excluding hydrogens is 376 g/mol. The molecule has 0 aromatic carbocycles. The lowest BCUT2D eigenvalue weighted by Crippen LogP contribution is -2.50. The minimum atomic E-state index is -0.0867. The Kier molecular flexibility index (Phi) is 6.59. The molecule has 176 valence electrons. The monoisotopic (exact) mass is 426 g/mol. The summed E-state index contributed by atoms with van der Waals surface area (Å²) in [6.07, 6.45) is 16.6. The molecule has 0 radical (unpaired) electrons. The Balaban J connectivity index is 1.49. The van der Waals surface area contributed by atoms with Crippen LogP contribution in [0.1, 0.15) is 106 Å². The van der Waals surface area contributed by atoms with Gasteiger partial charge in [0, 0.05) is 0 Å². The Morgan fingerprint density at radius 3 is 2.52 bits per heavy atom. The fourth-order valence-electron chi connectivity index (χ4n) is 8.86. The van der Waals surface area contributed by atoms with Gasteiger partial charge >= 0.3 is 0 Å². The van der Waals surface area contributed by atoms with Gasteiger partial charge in [0.2, 0.25) is 0 Å². The standard InChI is InChI=1S/C30H50O/c1-19(2)22(5)20(3)8-9-21(4)26-12-13-27-25-11-10-23-18-24(31)14-16-29(23,6)28(25)15-17-30(26,27)7/h8,10,19,21-22,24-28,31H,9,11-18H2,1-7H3/b20-8+/t21-,22?,24+,25?,26-,27+,28?,29+,30-/m1/s1. The fourth-order valence-corrected chi connectivity index (χ4v) is 8.86. The summed E-state index contributed by atoms with van der Waals surface area (Å²) in [4.78, 5) is 0. The van der Waals surface area contributed by atoms with Crippen molar-refractivity contribution in [3.05, 3.63) is 23.3 Å². The van der Waals surface area contributed by atoms with E-state index in [-0.39, 0.29) is 6.10 Å². The number of aliphatic hydroxyl groups excluding tert-OH is 1. The van der Waals surface area contributed by atoms with E-state index >= 15 is 0 Å². The highest BCUT2D eigenvalue weighted by Gasteiger charge is 2.59. The smallest absolute Gasteiger partial charge is 0.0577 e. The summed E-state index contributed by atoms with van der Waals surface area (Å²) in [5, 5.41) is 10.3. The second-order valence-electron chi connectivity index (χ2n) is 13.1. The van der Waals surface area contributed by atoms with Gasteiger partial charge in [0.25, 0.3) is 0 Å². The first-order chi connectivity index (χ1) is 14.6. The van der Waals surface area contributed by atoms with Gasteiger partial charge in [0.1, 0.15) is 0 Å². The Bertz CT molecular complexity index is 716. The second kappa shape index (κ2) is 8.66. The van der Waals surface area contributed by atoms with Crippen LogP contribution in [-0.2, 0) is 0 Å². The molecule has 0 bridgehead atoms. The van der Waals surface area contributed by atoms with Crippen LogP contribution < -0.4 is 0 Å². The van der Waals surface area contributed by atoms with E-state index in [2.05, 4.69) is 60.6 Å². The first-order valence-electron chi connectivity index (χ1n) is 13.6. The van der Waals surface area contributed by atoms with E-state index in [1.807, 2.05) is 0 Å². The van der Waals surface area contributed by atoms with Crippen molar-refractivity contribution in [2.75, 3.05) is 0 Å².